The van der Waals surface area contributed by atoms with Gasteiger partial charge in [0, 0.05) is 10.7 Å². The smallest absolute Gasteiger partial charge is 0.333 e. The largest absolute Gasteiger partial charge is 0.336 e. The van der Waals surface area contributed by atoms with Crippen LogP contribution in [0.25, 0.3) is 11.1 Å². The van der Waals surface area contributed by atoms with E-state index in [1.807, 2.05) is 34.6 Å². The van der Waals surface area contributed by atoms with Gasteiger partial charge in [0.25, 0.3) is 15.7 Å². The summed E-state index contributed by atoms with van der Waals surface area (Å²) in [5, 5.41) is 7.64. The molecule has 0 aliphatic carbocycles. The fourth-order valence-electron chi connectivity index (χ4n) is 3.29. The number of carbonyl (C=O) groups excluding carboxylic acids is 1. The summed E-state index contributed by atoms with van der Waals surface area (Å²) in [5.74, 6) is 0.131. The van der Waals surface area contributed by atoms with Crippen molar-refractivity contribution in [1.82, 2.24) is 14.9 Å². The van der Waals surface area contributed by atoms with Crippen molar-refractivity contribution in [2.45, 2.75) is 57.8 Å². The molecule has 0 radical (unpaired) electrons. The van der Waals surface area contributed by atoms with Gasteiger partial charge >= 0.3 is 6.03 Å². The first-order chi connectivity index (χ1) is 14.5. The molecule has 2 N–H and O–H groups in total. The Hall–Kier alpha value is -2.65. The summed E-state index contributed by atoms with van der Waals surface area (Å²) in [6.07, 6.45) is 1.68. The topological polar surface area (TPSA) is 114 Å². The molecule has 0 bridgehead atoms. The van der Waals surface area contributed by atoms with Crippen LogP contribution < -0.4 is 10.0 Å². The number of nitrogens with one attached hydrogen (secondary N) is 2. The van der Waals surface area contributed by atoms with Gasteiger partial charge in [-0.1, -0.05) is 51.4 Å². The second kappa shape index (κ2) is 8.84. The first-order valence-corrected chi connectivity index (χ1v) is 11.8. The molecule has 0 atom stereocenters. The number of halogens is 1. The number of urea groups is 1. The van der Waals surface area contributed by atoms with Gasteiger partial charge in [-0.25, -0.2) is 22.9 Å². The van der Waals surface area contributed by atoms with Gasteiger partial charge in [-0.05, 0) is 47.6 Å². The lowest BCUT2D eigenvalue weighted by molar-refractivity contribution is 0.256. The van der Waals surface area contributed by atoms with Crippen LogP contribution >= 0.6 is 11.6 Å². The predicted molar refractivity (Wildman–Crippen MR) is 120 cm³/mol. The number of sulfonamides is 1. The van der Waals surface area contributed by atoms with E-state index in [1.165, 1.54) is 6.07 Å². The van der Waals surface area contributed by atoms with Crippen LogP contribution in [0.1, 0.15) is 63.3 Å². The van der Waals surface area contributed by atoms with Crippen molar-refractivity contribution in [2.24, 2.45) is 0 Å². The number of amides is 2. The van der Waals surface area contributed by atoms with Crippen molar-refractivity contribution in [3.63, 3.8) is 0 Å². The average Bonchev–Trinajstić information content (AvgIpc) is 3.10. The minimum Gasteiger partial charge on any atom is -0.336 e. The van der Waals surface area contributed by atoms with Gasteiger partial charge in [-0.15, -0.1) is 0 Å². The molecule has 2 amide bonds. The van der Waals surface area contributed by atoms with Crippen molar-refractivity contribution in [3.05, 3.63) is 46.2 Å². The normalized spacial score (nSPS) is 12.0. The average molecular weight is 465 g/mol. The van der Waals surface area contributed by atoms with Crippen LogP contribution in [0.3, 0.4) is 0 Å². The molecule has 8 nitrogen and oxygen atoms in total. The van der Waals surface area contributed by atoms with Gasteiger partial charge < -0.3 is 9.84 Å². The van der Waals surface area contributed by atoms with Crippen molar-refractivity contribution in [3.8, 4) is 0 Å². The lowest BCUT2D eigenvalue weighted by Crippen LogP contribution is -2.35. The second-order valence-electron chi connectivity index (χ2n) is 7.83. The molecular formula is C21H25ClN4O4S. The summed E-state index contributed by atoms with van der Waals surface area (Å²) in [6, 6.07) is 4.08. The van der Waals surface area contributed by atoms with E-state index in [0.717, 1.165) is 17.3 Å². The fraction of sp³-hybridized carbons (Fsp3) is 0.381. The molecule has 0 fully saturated rings. The molecule has 3 rings (SSSR count). The maximum absolute atomic E-state index is 12.8. The summed E-state index contributed by atoms with van der Waals surface area (Å²) >= 11 is 6.25. The Kier molecular flexibility index (Phi) is 6.56. The zero-order valence-electron chi connectivity index (χ0n) is 18.0. The number of hydrogen-bond donors (Lipinski definition) is 2. The highest BCUT2D eigenvalue weighted by molar-refractivity contribution is 7.90. The summed E-state index contributed by atoms with van der Waals surface area (Å²) in [6.45, 7) is 9.76. The number of nitrogens with zero attached hydrogens (tertiary/aromatic N) is 2. The zero-order valence-corrected chi connectivity index (χ0v) is 19.6. The third-order valence-corrected chi connectivity index (χ3v) is 6.41. The van der Waals surface area contributed by atoms with Crippen LogP contribution in [0.4, 0.5) is 10.5 Å². The van der Waals surface area contributed by atoms with Crippen molar-refractivity contribution in [1.29, 1.82) is 0 Å². The second-order valence-corrected chi connectivity index (χ2v) is 9.95. The van der Waals surface area contributed by atoms with E-state index < -0.39 is 16.1 Å². The molecule has 10 heteroatoms. The molecular weight excluding hydrogens is 440 g/mol. The van der Waals surface area contributed by atoms with Crippen LogP contribution in [-0.4, -0.2) is 24.6 Å². The van der Waals surface area contributed by atoms with E-state index in [2.05, 4.69) is 20.2 Å². The van der Waals surface area contributed by atoms with E-state index in [4.69, 9.17) is 16.1 Å². The number of carbonyl (C=O) groups is 1. The Morgan fingerprint density at radius 1 is 1.13 bits per heavy atom. The minimum atomic E-state index is -4.17. The molecule has 0 spiro atoms. The molecule has 0 aliphatic rings. The highest BCUT2D eigenvalue weighted by Gasteiger charge is 2.23. The fourth-order valence-corrected chi connectivity index (χ4v) is 4.40. The highest BCUT2D eigenvalue weighted by atomic mass is 35.5. The number of benzene rings is 1. The van der Waals surface area contributed by atoms with Gasteiger partial charge in [0.15, 0.2) is 0 Å². The van der Waals surface area contributed by atoms with Crippen LogP contribution in [-0.2, 0) is 16.4 Å². The SMILES string of the molecule is CCc1noc2ncc(S(=O)(=O)NC(=O)Nc3c(C(C)C)cc(Cl)cc3C(C)C)cc12. The van der Waals surface area contributed by atoms with Crippen molar-refractivity contribution in [2.75, 3.05) is 5.32 Å². The number of aromatic nitrogens is 2. The third-order valence-electron chi connectivity index (χ3n) is 4.90. The van der Waals surface area contributed by atoms with Gasteiger partial charge in [0.05, 0.1) is 17.3 Å². The quantitative estimate of drug-likeness (QED) is 0.518. The monoisotopic (exact) mass is 464 g/mol. The van der Waals surface area contributed by atoms with Gasteiger partial charge in [0.2, 0.25) is 0 Å². The Labute approximate surface area is 186 Å². The van der Waals surface area contributed by atoms with Crippen LogP contribution in [0, 0.1) is 0 Å². The number of rotatable bonds is 6. The summed E-state index contributed by atoms with van der Waals surface area (Å²) < 4.78 is 32.8. The van der Waals surface area contributed by atoms with E-state index >= 15 is 0 Å². The van der Waals surface area contributed by atoms with E-state index in [9.17, 15) is 13.2 Å². The molecule has 2 heterocycles. The van der Waals surface area contributed by atoms with Gasteiger partial charge in [0.1, 0.15) is 4.90 Å². The Balaban J connectivity index is 1.92. The van der Waals surface area contributed by atoms with Crippen LogP contribution in [0.15, 0.2) is 33.8 Å². The number of pyridine rings is 1. The van der Waals surface area contributed by atoms with Gasteiger partial charge in [-0.3, -0.25) is 0 Å². The maximum Gasteiger partial charge on any atom is 0.333 e. The van der Waals surface area contributed by atoms with Crippen LogP contribution in [0.5, 0.6) is 0 Å². The zero-order chi connectivity index (χ0) is 22.9. The van der Waals surface area contributed by atoms with Gasteiger partial charge in [-0.2, -0.15) is 0 Å². The minimum absolute atomic E-state index is 0.0655. The number of anilines is 1. The lowest BCUT2D eigenvalue weighted by Gasteiger charge is -2.21. The molecule has 0 aliphatic heterocycles. The van der Waals surface area contributed by atoms with Crippen molar-refractivity contribution >= 4 is 44.4 Å². The Bertz CT molecular complexity index is 1210. The third kappa shape index (κ3) is 4.83. The standard InChI is InChI=1S/C21H25ClN4O4S/c1-6-18-17-9-14(10-23-20(17)30-25-18)31(28,29)26-21(27)24-19-15(11(2)3)7-13(22)8-16(19)12(4)5/h7-12H,6H2,1-5H3,(H2,24,26,27). The first-order valence-electron chi connectivity index (χ1n) is 9.94. The molecule has 31 heavy (non-hydrogen) atoms. The summed E-state index contributed by atoms with van der Waals surface area (Å²) in [7, 11) is -4.17. The Morgan fingerprint density at radius 3 is 2.29 bits per heavy atom. The lowest BCUT2D eigenvalue weighted by atomic mass is 9.92. The molecule has 0 saturated heterocycles. The Morgan fingerprint density at radius 2 is 1.74 bits per heavy atom. The van der Waals surface area contributed by atoms with Crippen molar-refractivity contribution < 1.29 is 17.7 Å². The predicted octanol–water partition coefficient (Wildman–Crippen LogP) is 5.20. The van der Waals surface area contributed by atoms with Crippen LogP contribution in [0.2, 0.25) is 5.02 Å². The molecule has 2 aromatic heterocycles. The molecule has 0 saturated carbocycles. The summed E-state index contributed by atoms with van der Waals surface area (Å²) in [4.78, 5) is 16.5. The number of hydrogen-bond acceptors (Lipinski definition) is 6. The number of fused-ring (bicyclic) bond motifs is 1. The number of aryl methyl sites for hydroxylation is 1. The molecule has 166 valence electrons. The van der Waals surface area contributed by atoms with E-state index in [1.54, 1.807) is 12.1 Å². The molecule has 0 unspecified atom stereocenters. The van der Waals surface area contributed by atoms with E-state index in [0.29, 0.717) is 28.2 Å². The van der Waals surface area contributed by atoms with E-state index in [-0.39, 0.29) is 22.4 Å². The first kappa shape index (κ1) is 23.0. The summed E-state index contributed by atoms with van der Waals surface area (Å²) in [5.41, 5.74) is 3.04. The highest BCUT2D eigenvalue weighted by Crippen LogP contribution is 2.35. The maximum atomic E-state index is 12.8. The molecule has 3 aromatic rings. The molecule has 1 aromatic carbocycles.